The Hall–Kier alpha value is -2.16. The molecule has 0 unspecified atom stereocenters. The van der Waals surface area contributed by atoms with Crippen LogP contribution in [0.2, 0.25) is 0 Å². The number of rotatable bonds is 6. The highest BCUT2D eigenvalue weighted by Gasteiger charge is 2.03. The fourth-order valence-corrected chi connectivity index (χ4v) is 2.14. The van der Waals surface area contributed by atoms with Crippen molar-refractivity contribution in [3.63, 3.8) is 0 Å². The highest BCUT2D eigenvalue weighted by atomic mass is 15.0. The molecule has 2 aromatic carbocycles. The van der Waals surface area contributed by atoms with E-state index in [0.29, 0.717) is 6.04 Å². The fraction of sp³-hybridized carbons (Fsp3) is 0.333. The van der Waals surface area contributed by atoms with Gasteiger partial charge < -0.3 is 16.0 Å². The highest BCUT2D eigenvalue weighted by Crippen LogP contribution is 2.34. The van der Waals surface area contributed by atoms with E-state index < -0.39 is 0 Å². The molecule has 0 aromatic heterocycles. The molecule has 3 nitrogen and oxygen atoms in total. The SMILES string of the molecule is CC(C)[N-]c1ccccc1Nc1ccccc1NC(C)C. The second kappa shape index (κ2) is 7.02. The van der Waals surface area contributed by atoms with Gasteiger partial charge in [0.05, 0.1) is 11.4 Å². The number of benzene rings is 2. The fourth-order valence-electron chi connectivity index (χ4n) is 2.14. The number of nitrogens with zero attached hydrogens (tertiary/aromatic N) is 1. The van der Waals surface area contributed by atoms with Gasteiger partial charge in [-0.25, -0.2) is 0 Å². The third kappa shape index (κ3) is 4.42. The smallest absolute Gasteiger partial charge is 0.0619 e. The summed E-state index contributed by atoms with van der Waals surface area (Å²) in [7, 11) is 0. The normalized spacial score (nSPS) is 10.8. The molecule has 2 rings (SSSR count). The van der Waals surface area contributed by atoms with Crippen molar-refractivity contribution >= 4 is 22.7 Å². The van der Waals surface area contributed by atoms with Gasteiger partial charge in [-0.1, -0.05) is 44.2 Å². The molecule has 2 aromatic rings. The van der Waals surface area contributed by atoms with Gasteiger partial charge in [0, 0.05) is 11.7 Å². The van der Waals surface area contributed by atoms with E-state index in [1.165, 1.54) is 0 Å². The van der Waals surface area contributed by atoms with Gasteiger partial charge in [0.15, 0.2) is 0 Å². The van der Waals surface area contributed by atoms with E-state index in [1.807, 2.05) is 30.3 Å². The number of nitrogens with one attached hydrogen (secondary N) is 2. The van der Waals surface area contributed by atoms with Crippen LogP contribution in [0.4, 0.5) is 22.7 Å². The molecule has 0 bridgehead atoms. The summed E-state index contributed by atoms with van der Waals surface area (Å²) in [6.45, 7) is 8.45. The number of anilines is 3. The summed E-state index contributed by atoms with van der Waals surface area (Å²) in [5.74, 6) is 0. The molecule has 0 saturated carbocycles. The third-order valence-corrected chi connectivity index (χ3v) is 2.94. The van der Waals surface area contributed by atoms with E-state index in [2.05, 4.69) is 61.8 Å². The van der Waals surface area contributed by atoms with Gasteiger partial charge in [-0.15, -0.1) is 11.7 Å². The Bertz CT molecular complexity index is 525. The maximum atomic E-state index is 4.66. The van der Waals surface area contributed by atoms with Crippen molar-refractivity contribution in [1.29, 1.82) is 0 Å². The zero-order valence-electron chi connectivity index (χ0n) is 13.2. The van der Waals surface area contributed by atoms with Crippen molar-refractivity contribution < 1.29 is 0 Å². The lowest BCUT2D eigenvalue weighted by Crippen LogP contribution is -2.11. The van der Waals surface area contributed by atoms with Crippen LogP contribution >= 0.6 is 0 Å². The molecular formula is C18H24N3-. The van der Waals surface area contributed by atoms with Crippen LogP contribution in [0.15, 0.2) is 48.5 Å². The molecule has 0 atom stereocenters. The molecular weight excluding hydrogens is 258 g/mol. The molecule has 2 N–H and O–H groups in total. The Morgan fingerprint density at radius 1 is 0.762 bits per heavy atom. The molecule has 3 heteroatoms. The second-order valence-electron chi connectivity index (χ2n) is 5.71. The van der Waals surface area contributed by atoms with Gasteiger partial charge >= 0.3 is 0 Å². The number of para-hydroxylation sites is 4. The first-order chi connectivity index (χ1) is 10.1. The van der Waals surface area contributed by atoms with Crippen molar-refractivity contribution in [1.82, 2.24) is 0 Å². The molecule has 0 heterocycles. The summed E-state index contributed by atoms with van der Waals surface area (Å²) < 4.78 is 0. The van der Waals surface area contributed by atoms with E-state index in [1.54, 1.807) is 0 Å². The van der Waals surface area contributed by atoms with Crippen molar-refractivity contribution in [2.24, 2.45) is 0 Å². The summed E-state index contributed by atoms with van der Waals surface area (Å²) in [6.07, 6.45) is 0. The molecule has 112 valence electrons. The van der Waals surface area contributed by atoms with E-state index >= 15 is 0 Å². The predicted molar refractivity (Wildman–Crippen MR) is 93.1 cm³/mol. The quantitative estimate of drug-likeness (QED) is 0.717. The van der Waals surface area contributed by atoms with E-state index in [-0.39, 0.29) is 6.04 Å². The third-order valence-electron chi connectivity index (χ3n) is 2.94. The minimum Gasteiger partial charge on any atom is -0.680 e. The maximum Gasteiger partial charge on any atom is 0.0619 e. The first kappa shape index (κ1) is 15.2. The predicted octanol–water partition coefficient (Wildman–Crippen LogP) is 5.66. The standard InChI is InChI=1S/C18H24N3/c1-13(2)19-15-9-5-7-11-17(15)21-18-12-8-6-10-16(18)20-14(3)4/h5-14,19,21H,1-4H3/q-1. The Kier molecular flexibility index (Phi) is 5.09. The molecule has 21 heavy (non-hydrogen) atoms. The summed E-state index contributed by atoms with van der Waals surface area (Å²) in [5, 5.41) is 11.6. The lowest BCUT2D eigenvalue weighted by atomic mass is 10.2. The van der Waals surface area contributed by atoms with Crippen LogP contribution in [-0.2, 0) is 0 Å². The Morgan fingerprint density at radius 3 is 1.95 bits per heavy atom. The largest absolute Gasteiger partial charge is 0.680 e. The first-order valence-corrected chi connectivity index (χ1v) is 7.48. The zero-order valence-corrected chi connectivity index (χ0v) is 13.2. The first-order valence-electron chi connectivity index (χ1n) is 7.48. The summed E-state index contributed by atoms with van der Waals surface area (Å²) in [4.78, 5) is 0. The summed E-state index contributed by atoms with van der Waals surface area (Å²) in [6, 6.07) is 17.1. The van der Waals surface area contributed by atoms with Crippen LogP contribution in [0.1, 0.15) is 27.7 Å². The van der Waals surface area contributed by atoms with Gasteiger partial charge in [0.25, 0.3) is 0 Å². The number of hydrogen-bond donors (Lipinski definition) is 2. The average molecular weight is 282 g/mol. The van der Waals surface area contributed by atoms with Gasteiger partial charge in [-0.05, 0) is 32.0 Å². The molecule has 0 spiro atoms. The van der Waals surface area contributed by atoms with Crippen molar-refractivity contribution in [3.05, 3.63) is 53.8 Å². The van der Waals surface area contributed by atoms with E-state index in [4.69, 9.17) is 0 Å². The van der Waals surface area contributed by atoms with E-state index in [9.17, 15) is 0 Å². The van der Waals surface area contributed by atoms with Crippen LogP contribution in [0.5, 0.6) is 0 Å². The van der Waals surface area contributed by atoms with Crippen LogP contribution in [0.3, 0.4) is 0 Å². The van der Waals surface area contributed by atoms with Crippen molar-refractivity contribution in [2.75, 3.05) is 10.6 Å². The van der Waals surface area contributed by atoms with Crippen LogP contribution in [-0.4, -0.2) is 12.1 Å². The Morgan fingerprint density at radius 2 is 1.33 bits per heavy atom. The maximum absolute atomic E-state index is 4.66. The summed E-state index contributed by atoms with van der Waals surface area (Å²) in [5.41, 5.74) is 4.19. The van der Waals surface area contributed by atoms with Crippen molar-refractivity contribution in [3.8, 4) is 0 Å². The summed E-state index contributed by atoms with van der Waals surface area (Å²) >= 11 is 0. The number of hydrogen-bond acceptors (Lipinski definition) is 2. The minimum atomic E-state index is 0.275. The topological polar surface area (TPSA) is 38.2 Å². The Balaban J connectivity index is 2.26. The molecule has 0 radical (unpaired) electrons. The van der Waals surface area contributed by atoms with Crippen LogP contribution < -0.4 is 10.6 Å². The highest BCUT2D eigenvalue weighted by molar-refractivity contribution is 5.81. The van der Waals surface area contributed by atoms with Gasteiger partial charge in [0.2, 0.25) is 0 Å². The molecule has 0 aliphatic heterocycles. The molecule has 0 saturated heterocycles. The van der Waals surface area contributed by atoms with Crippen molar-refractivity contribution in [2.45, 2.75) is 39.8 Å². The minimum absolute atomic E-state index is 0.275. The average Bonchev–Trinajstić information content (AvgIpc) is 2.42. The molecule has 0 fully saturated rings. The zero-order chi connectivity index (χ0) is 15.2. The van der Waals surface area contributed by atoms with Gasteiger partial charge in [-0.2, -0.15) is 0 Å². The molecule has 0 aliphatic rings. The van der Waals surface area contributed by atoms with Gasteiger partial charge in [-0.3, -0.25) is 0 Å². The molecule has 0 aliphatic carbocycles. The second-order valence-corrected chi connectivity index (χ2v) is 5.71. The molecule has 0 amide bonds. The monoisotopic (exact) mass is 282 g/mol. The lowest BCUT2D eigenvalue weighted by molar-refractivity contribution is 0.900. The van der Waals surface area contributed by atoms with Crippen LogP contribution in [0.25, 0.3) is 5.32 Å². The van der Waals surface area contributed by atoms with E-state index in [0.717, 1.165) is 22.7 Å². The lowest BCUT2D eigenvalue weighted by Gasteiger charge is -2.29. The van der Waals surface area contributed by atoms with Gasteiger partial charge in [0.1, 0.15) is 0 Å². The van der Waals surface area contributed by atoms with Crippen LogP contribution in [0, 0.1) is 0 Å². The Labute approximate surface area is 127 Å².